The van der Waals surface area contributed by atoms with Crippen LogP contribution in [0.3, 0.4) is 0 Å². The van der Waals surface area contributed by atoms with Gasteiger partial charge in [-0.1, -0.05) is 24.3 Å². The van der Waals surface area contributed by atoms with Gasteiger partial charge in [0, 0.05) is 25.8 Å². The van der Waals surface area contributed by atoms with Crippen molar-refractivity contribution in [2.45, 2.75) is 50.3 Å². The van der Waals surface area contributed by atoms with Crippen LogP contribution in [0.25, 0.3) is 0 Å². The number of nitrogens with zero attached hydrogens (tertiary/aromatic N) is 1. The van der Waals surface area contributed by atoms with Crippen LogP contribution in [0, 0.1) is 6.92 Å². The summed E-state index contributed by atoms with van der Waals surface area (Å²) in [5.74, 6) is 0.311. The molecule has 0 amide bonds. The highest BCUT2D eigenvalue weighted by Gasteiger charge is 2.42. The zero-order chi connectivity index (χ0) is 15.7. The minimum Gasteiger partial charge on any atom is -0.381 e. The van der Waals surface area contributed by atoms with Gasteiger partial charge in [-0.15, -0.1) is 0 Å². The SMILES string of the molecule is Cc1ccccc1C1CC(C)N(S(=O)(=O)C2CCOCC2)C1. The fourth-order valence-electron chi connectivity index (χ4n) is 3.79. The van der Waals surface area contributed by atoms with Crippen LogP contribution in [0.2, 0.25) is 0 Å². The molecule has 0 bridgehead atoms. The normalized spacial score (nSPS) is 28.1. The van der Waals surface area contributed by atoms with Crippen molar-refractivity contribution >= 4 is 10.0 Å². The summed E-state index contributed by atoms with van der Waals surface area (Å²) < 4.78 is 32.9. The molecule has 1 aromatic carbocycles. The Labute approximate surface area is 133 Å². The number of aryl methyl sites for hydroxylation is 1. The van der Waals surface area contributed by atoms with Crippen molar-refractivity contribution in [1.29, 1.82) is 0 Å². The molecule has 2 saturated heterocycles. The van der Waals surface area contributed by atoms with Crippen molar-refractivity contribution in [3.05, 3.63) is 35.4 Å². The van der Waals surface area contributed by atoms with Crippen molar-refractivity contribution in [3.8, 4) is 0 Å². The summed E-state index contributed by atoms with van der Waals surface area (Å²) in [6.07, 6.45) is 2.16. The molecule has 0 spiro atoms. The van der Waals surface area contributed by atoms with E-state index in [4.69, 9.17) is 4.74 Å². The summed E-state index contributed by atoms with van der Waals surface area (Å²) in [5.41, 5.74) is 2.55. The van der Waals surface area contributed by atoms with E-state index in [0.29, 0.717) is 38.5 Å². The molecule has 1 aromatic rings. The lowest BCUT2D eigenvalue weighted by Crippen LogP contribution is -2.43. The molecule has 0 aliphatic carbocycles. The van der Waals surface area contributed by atoms with Gasteiger partial charge < -0.3 is 4.74 Å². The molecule has 0 aromatic heterocycles. The predicted molar refractivity (Wildman–Crippen MR) is 87.5 cm³/mol. The van der Waals surface area contributed by atoms with E-state index in [9.17, 15) is 8.42 Å². The fraction of sp³-hybridized carbons (Fsp3) is 0.647. The van der Waals surface area contributed by atoms with Crippen LogP contribution in [-0.2, 0) is 14.8 Å². The predicted octanol–water partition coefficient (Wildman–Crippen LogP) is 2.68. The van der Waals surface area contributed by atoms with E-state index in [0.717, 1.165) is 6.42 Å². The maximum atomic E-state index is 12.9. The Morgan fingerprint density at radius 2 is 1.86 bits per heavy atom. The number of ether oxygens (including phenoxy) is 1. The smallest absolute Gasteiger partial charge is 0.217 e. The maximum absolute atomic E-state index is 12.9. The lowest BCUT2D eigenvalue weighted by Gasteiger charge is -2.29. The Morgan fingerprint density at radius 1 is 1.18 bits per heavy atom. The van der Waals surface area contributed by atoms with E-state index in [-0.39, 0.29) is 11.3 Å². The third-order valence-corrected chi connectivity index (χ3v) is 7.54. The van der Waals surface area contributed by atoms with Gasteiger partial charge in [-0.25, -0.2) is 8.42 Å². The number of benzene rings is 1. The molecule has 2 fully saturated rings. The Balaban J connectivity index is 1.80. The zero-order valence-corrected chi connectivity index (χ0v) is 14.2. The van der Waals surface area contributed by atoms with Crippen LogP contribution in [0.4, 0.5) is 0 Å². The molecule has 0 saturated carbocycles. The monoisotopic (exact) mass is 323 g/mol. The van der Waals surface area contributed by atoms with Crippen molar-refractivity contribution in [2.24, 2.45) is 0 Å². The van der Waals surface area contributed by atoms with Gasteiger partial charge in [-0.05, 0) is 50.2 Å². The molecular weight excluding hydrogens is 298 g/mol. The minimum atomic E-state index is -3.21. The number of hydrogen-bond donors (Lipinski definition) is 0. The van der Waals surface area contributed by atoms with Gasteiger partial charge in [0.1, 0.15) is 0 Å². The number of hydrogen-bond acceptors (Lipinski definition) is 3. The molecule has 2 aliphatic heterocycles. The van der Waals surface area contributed by atoms with Gasteiger partial charge in [-0.3, -0.25) is 0 Å². The first-order valence-corrected chi connectivity index (χ1v) is 9.64. The third kappa shape index (κ3) is 2.94. The maximum Gasteiger partial charge on any atom is 0.217 e. The van der Waals surface area contributed by atoms with Gasteiger partial charge >= 0.3 is 0 Å². The Hall–Kier alpha value is -0.910. The van der Waals surface area contributed by atoms with E-state index in [1.165, 1.54) is 11.1 Å². The van der Waals surface area contributed by atoms with Gasteiger partial charge in [0.2, 0.25) is 10.0 Å². The zero-order valence-electron chi connectivity index (χ0n) is 13.4. The molecule has 3 rings (SSSR count). The summed E-state index contributed by atoms with van der Waals surface area (Å²) in [5, 5.41) is -0.265. The largest absolute Gasteiger partial charge is 0.381 e. The fourth-order valence-corrected chi connectivity index (χ4v) is 5.94. The van der Waals surface area contributed by atoms with Gasteiger partial charge in [0.25, 0.3) is 0 Å². The van der Waals surface area contributed by atoms with E-state index in [2.05, 4.69) is 19.1 Å². The standard InChI is InChI=1S/C17H25NO3S/c1-13-5-3-4-6-17(13)15-11-14(2)18(12-15)22(19,20)16-7-9-21-10-8-16/h3-6,14-16H,7-12H2,1-2H3. The molecule has 2 aliphatic rings. The molecule has 22 heavy (non-hydrogen) atoms. The highest BCUT2D eigenvalue weighted by atomic mass is 32.2. The van der Waals surface area contributed by atoms with Crippen LogP contribution >= 0.6 is 0 Å². The third-order valence-electron chi connectivity index (χ3n) is 5.06. The quantitative estimate of drug-likeness (QED) is 0.859. The number of sulfonamides is 1. The molecule has 0 N–H and O–H groups in total. The lowest BCUT2D eigenvalue weighted by atomic mass is 9.93. The second-order valence-electron chi connectivity index (χ2n) is 6.56. The van der Waals surface area contributed by atoms with E-state index in [1.54, 1.807) is 4.31 Å². The van der Waals surface area contributed by atoms with Crippen LogP contribution in [0.15, 0.2) is 24.3 Å². The highest BCUT2D eigenvalue weighted by molar-refractivity contribution is 7.89. The topological polar surface area (TPSA) is 46.6 Å². The summed E-state index contributed by atoms with van der Waals surface area (Å²) in [6, 6.07) is 8.40. The molecule has 4 nitrogen and oxygen atoms in total. The molecule has 122 valence electrons. The molecule has 5 heteroatoms. The summed E-state index contributed by atoms with van der Waals surface area (Å²) in [4.78, 5) is 0. The molecule has 0 radical (unpaired) electrons. The first-order valence-electron chi connectivity index (χ1n) is 8.14. The second-order valence-corrected chi connectivity index (χ2v) is 8.73. The minimum absolute atomic E-state index is 0.0810. The lowest BCUT2D eigenvalue weighted by molar-refractivity contribution is 0.0971. The van der Waals surface area contributed by atoms with Crippen LogP contribution in [-0.4, -0.2) is 43.8 Å². The molecular formula is C17H25NO3S. The van der Waals surface area contributed by atoms with Crippen molar-refractivity contribution < 1.29 is 13.2 Å². The van der Waals surface area contributed by atoms with Crippen LogP contribution in [0.5, 0.6) is 0 Å². The Bertz CT molecular complexity index is 623. The summed E-state index contributed by atoms with van der Waals surface area (Å²) in [7, 11) is -3.21. The van der Waals surface area contributed by atoms with Crippen molar-refractivity contribution in [2.75, 3.05) is 19.8 Å². The van der Waals surface area contributed by atoms with Gasteiger partial charge in [0.05, 0.1) is 5.25 Å². The van der Waals surface area contributed by atoms with Crippen molar-refractivity contribution in [3.63, 3.8) is 0 Å². The van der Waals surface area contributed by atoms with Crippen LogP contribution in [0.1, 0.15) is 43.2 Å². The van der Waals surface area contributed by atoms with Gasteiger partial charge in [0.15, 0.2) is 0 Å². The molecule has 2 heterocycles. The molecule has 2 unspecified atom stereocenters. The Kier molecular flexibility index (Phi) is 4.57. The Morgan fingerprint density at radius 3 is 2.55 bits per heavy atom. The second kappa shape index (κ2) is 6.30. The highest BCUT2D eigenvalue weighted by Crippen LogP contribution is 2.36. The van der Waals surface area contributed by atoms with Crippen LogP contribution < -0.4 is 0 Å². The van der Waals surface area contributed by atoms with Gasteiger partial charge in [-0.2, -0.15) is 4.31 Å². The van der Waals surface area contributed by atoms with Crippen molar-refractivity contribution in [1.82, 2.24) is 4.31 Å². The summed E-state index contributed by atoms with van der Waals surface area (Å²) in [6.45, 7) is 5.89. The first-order chi connectivity index (χ1) is 10.5. The summed E-state index contributed by atoms with van der Waals surface area (Å²) >= 11 is 0. The van der Waals surface area contributed by atoms with E-state index >= 15 is 0 Å². The average Bonchev–Trinajstić information content (AvgIpc) is 2.91. The van der Waals surface area contributed by atoms with E-state index in [1.807, 2.05) is 19.1 Å². The average molecular weight is 323 g/mol. The molecule has 2 atom stereocenters. The number of rotatable bonds is 3. The van der Waals surface area contributed by atoms with E-state index < -0.39 is 10.0 Å². The first kappa shape index (κ1) is 16.0.